The van der Waals surface area contributed by atoms with Gasteiger partial charge in [-0.15, -0.1) is 0 Å². The summed E-state index contributed by atoms with van der Waals surface area (Å²) in [6, 6.07) is 20.6. The molecule has 0 radical (unpaired) electrons. The summed E-state index contributed by atoms with van der Waals surface area (Å²) in [5.74, 6) is -0.935. The largest absolute Gasteiger partial charge is 0.357 e. The van der Waals surface area contributed by atoms with Crippen molar-refractivity contribution >= 4 is 55.1 Å². The number of nitrogens with one attached hydrogen (secondary N) is 1. The van der Waals surface area contributed by atoms with Crippen molar-refractivity contribution in [3.05, 3.63) is 93.9 Å². The Labute approximate surface area is 218 Å². The van der Waals surface area contributed by atoms with E-state index in [1.54, 1.807) is 73.7 Å². The molecule has 10 heteroatoms. The topological polar surface area (TPSA) is 86.8 Å². The molecule has 3 rings (SSSR count). The first-order chi connectivity index (χ1) is 16.6. The van der Waals surface area contributed by atoms with Crippen LogP contribution in [-0.4, -0.2) is 44.8 Å². The summed E-state index contributed by atoms with van der Waals surface area (Å²) in [7, 11) is -2.61. The fourth-order valence-corrected chi connectivity index (χ4v) is 5.35. The minimum Gasteiger partial charge on any atom is -0.357 e. The lowest BCUT2D eigenvalue weighted by molar-refractivity contribution is -0.139. The van der Waals surface area contributed by atoms with Crippen LogP contribution >= 0.6 is 27.5 Å². The summed E-state index contributed by atoms with van der Waals surface area (Å²) in [6.07, 6.45) is 0. The summed E-state index contributed by atoms with van der Waals surface area (Å²) in [4.78, 5) is 27.5. The molecule has 0 aliphatic rings. The highest BCUT2D eigenvalue weighted by molar-refractivity contribution is 9.10. The van der Waals surface area contributed by atoms with Crippen molar-refractivity contribution in [2.75, 3.05) is 17.9 Å². The average Bonchev–Trinajstić information content (AvgIpc) is 2.86. The Morgan fingerprint density at radius 3 is 2.17 bits per heavy atom. The molecule has 2 amide bonds. The number of sulfonamides is 1. The van der Waals surface area contributed by atoms with E-state index < -0.39 is 28.5 Å². The second-order valence-electron chi connectivity index (χ2n) is 7.70. The molecule has 7 nitrogen and oxygen atoms in total. The predicted octanol–water partition coefficient (Wildman–Crippen LogP) is 4.46. The molecule has 0 saturated carbocycles. The van der Waals surface area contributed by atoms with E-state index in [0.717, 1.165) is 8.78 Å². The van der Waals surface area contributed by atoms with Crippen LogP contribution in [0.15, 0.2) is 88.2 Å². The van der Waals surface area contributed by atoms with E-state index in [2.05, 4.69) is 21.2 Å². The molecule has 0 unspecified atom stereocenters. The molecule has 0 fully saturated rings. The average molecular weight is 579 g/mol. The minimum absolute atomic E-state index is 0.0344. The predicted molar refractivity (Wildman–Crippen MR) is 141 cm³/mol. The molecule has 1 N–H and O–H groups in total. The van der Waals surface area contributed by atoms with Crippen LogP contribution in [0.5, 0.6) is 0 Å². The minimum atomic E-state index is -4.08. The van der Waals surface area contributed by atoms with Crippen LogP contribution in [0.3, 0.4) is 0 Å². The lowest BCUT2D eigenvalue weighted by Crippen LogP contribution is -2.50. The molecule has 0 heterocycles. The van der Waals surface area contributed by atoms with E-state index >= 15 is 0 Å². The zero-order chi connectivity index (χ0) is 25.6. The van der Waals surface area contributed by atoms with Crippen LogP contribution in [0.2, 0.25) is 5.02 Å². The molecule has 3 aromatic rings. The van der Waals surface area contributed by atoms with Gasteiger partial charge in [-0.3, -0.25) is 13.9 Å². The molecule has 0 saturated heterocycles. The Kier molecular flexibility index (Phi) is 8.93. The maximum atomic E-state index is 13.6. The van der Waals surface area contributed by atoms with E-state index in [1.807, 2.05) is 0 Å². The zero-order valence-corrected chi connectivity index (χ0v) is 22.3. The van der Waals surface area contributed by atoms with Gasteiger partial charge in [-0.05, 0) is 55.0 Å². The first kappa shape index (κ1) is 26.7. The molecule has 1 atom stereocenters. The van der Waals surface area contributed by atoms with Crippen LogP contribution in [0, 0.1) is 0 Å². The lowest BCUT2D eigenvalue weighted by atomic mass is 10.1. The number of halogens is 2. The molecular formula is C25H25BrClN3O4S. The number of nitrogens with zero attached hydrogens (tertiary/aromatic N) is 2. The third-order valence-electron chi connectivity index (χ3n) is 5.44. The normalized spacial score (nSPS) is 12.0. The van der Waals surface area contributed by atoms with Gasteiger partial charge in [-0.25, -0.2) is 8.42 Å². The highest BCUT2D eigenvalue weighted by Crippen LogP contribution is 2.26. The molecule has 0 bridgehead atoms. The lowest BCUT2D eigenvalue weighted by Gasteiger charge is -2.32. The number of hydrogen-bond donors (Lipinski definition) is 1. The third-order valence-corrected chi connectivity index (χ3v) is 8.12. The summed E-state index contributed by atoms with van der Waals surface area (Å²) in [6.45, 7) is 1.11. The van der Waals surface area contributed by atoms with Crippen molar-refractivity contribution in [2.45, 2.75) is 24.4 Å². The number of rotatable bonds is 9. The summed E-state index contributed by atoms with van der Waals surface area (Å²) in [5, 5.41) is 2.99. The highest BCUT2D eigenvalue weighted by atomic mass is 79.9. The second-order valence-corrected chi connectivity index (χ2v) is 10.9. The van der Waals surface area contributed by atoms with Gasteiger partial charge >= 0.3 is 0 Å². The van der Waals surface area contributed by atoms with E-state index in [9.17, 15) is 18.0 Å². The first-order valence-electron chi connectivity index (χ1n) is 10.7. The van der Waals surface area contributed by atoms with Crippen molar-refractivity contribution in [3.63, 3.8) is 0 Å². The van der Waals surface area contributed by atoms with Crippen molar-refractivity contribution < 1.29 is 18.0 Å². The van der Waals surface area contributed by atoms with Gasteiger partial charge in [0.2, 0.25) is 11.8 Å². The number of carbonyl (C=O) groups is 2. The Morgan fingerprint density at radius 2 is 1.57 bits per heavy atom. The van der Waals surface area contributed by atoms with Gasteiger partial charge in [-0.1, -0.05) is 63.9 Å². The monoisotopic (exact) mass is 577 g/mol. The number of hydrogen-bond acceptors (Lipinski definition) is 4. The van der Waals surface area contributed by atoms with Crippen molar-refractivity contribution in [1.29, 1.82) is 0 Å². The van der Waals surface area contributed by atoms with Gasteiger partial charge in [0.15, 0.2) is 0 Å². The Morgan fingerprint density at radius 1 is 0.971 bits per heavy atom. The first-order valence-corrected chi connectivity index (χ1v) is 13.3. The Balaban J connectivity index is 2.02. The zero-order valence-electron chi connectivity index (χ0n) is 19.2. The smallest absolute Gasteiger partial charge is 0.264 e. The molecule has 0 aromatic heterocycles. The maximum absolute atomic E-state index is 13.6. The number of carbonyl (C=O) groups excluding carboxylic acids is 2. The van der Waals surface area contributed by atoms with Crippen LogP contribution in [-0.2, 0) is 26.2 Å². The van der Waals surface area contributed by atoms with Gasteiger partial charge in [0.1, 0.15) is 12.6 Å². The van der Waals surface area contributed by atoms with Crippen LogP contribution < -0.4 is 9.62 Å². The Bertz CT molecular complexity index is 1290. The molecule has 3 aromatic carbocycles. The number of anilines is 1. The molecule has 184 valence electrons. The summed E-state index contributed by atoms with van der Waals surface area (Å²) in [5.41, 5.74) is 0.954. The number of benzene rings is 3. The summed E-state index contributed by atoms with van der Waals surface area (Å²) >= 11 is 9.66. The fraction of sp³-hybridized carbons (Fsp3) is 0.200. The molecule has 0 aliphatic carbocycles. The van der Waals surface area contributed by atoms with Crippen molar-refractivity contribution in [1.82, 2.24) is 10.2 Å². The Hall–Kier alpha value is -2.88. The highest BCUT2D eigenvalue weighted by Gasteiger charge is 2.32. The van der Waals surface area contributed by atoms with Gasteiger partial charge in [0, 0.05) is 23.1 Å². The second kappa shape index (κ2) is 11.7. The van der Waals surface area contributed by atoms with Crippen molar-refractivity contribution in [3.8, 4) is 0 Å². The van der Waals surface area contributed by atoms with E-state index in [1.165, 1.54) is 24.1 Å². The van der Waals surface area contributed by atoms with Gasteiger partial charge in [0.05, 0.1) is 10.6 Å². The van der Waals surface area contributed by atoms with Crippen LogP contribution in [0.1, 0.15) is 12.5 Å². The standard InChI is InChI=1S/C25H25BrClN3O4S/c1-18(25(32)28-2)29(16-19-8-6-7-11-23(19)27)24(31)17-30(21-14-12-20(26)13-15-21)35(33,34)22-9-4-3-5-10-22/h3-15,18H,16-17H2,1-2H3,(H,28,32)/t18-/m1/s1. The molecule has 35 heavy (non-hydrogen) atoms. The van der Waals surface area contributed by atoms with Gasteiger partial charge < -0.3 is 10.2 Å². The van der Waals surface area contributed by atoms with Crippen LogP contribution in [0.4, 0.5) is 5.69 Å². The van der Waals surface area contributed by atoms with E-state index in [-0.39, 0.29) is 17.3 Å². The molecule has 0 spiro atoms. The van der Waals surface area contributed by atoms with Gasteiger partial charge in [0.25, 0.3) is 10.0 Å². The van der Waals surface area contributed by atoms with Crippen molar-refractivity contribution in [2.24, 2.45) is 0 Å². The number of likely N-dealkylation sites (N-methyl/N-ethyl adjacent to an activating group) is 1. The molecule has 0 aliphatic heterocycles. The fourth-order valence-electron chi connectivity index (χ4n) is 3.46. The quantitative estimate of drug-likeness (QED) is 0.406. The maximum Gasteiger partial charge on any atom is 0.264 e. The summed E-state index contributed by atoms with van der Waals surface area (Å²) < 4.78 is 29.0. The van der Waals surface area contributed by atoms with E-state index in [0.29, 0.717) is 16.3 Å². The van der Waals surface area contributed by atoms with Gasteiger partial charge in [-0.2, -0.15) is 0 Å². The molecular weight excluding hydrogens is 554 g/mol. The van der Waals surface area contributed by atoms with E-state index in [4.69, 9.17) is 11.6 Å². The SMILES string of the molecule is CNC(=O)[C@@H](C)N(Cc1ccccc1Cl)C(=O)CN(c1ccc(Br)cc1)S(=O)(=O)c1ccccc1. The third kappa shape index (κ3) is 6.42. The number of amides is 2. The van der Waals surface area contributed by atoms with Crippen LogP contribution in [0.25, 0.3) is 0 Å².